The molecule has 0 saturated carbocycles. The number of aromatic nitrogens is 2. The third-order valence-corrected chi connectivity index (χ3v) is 4.59. The molecule has 0 radical (unpaired) electrons. The summed E-state index contributed by atoms with van der Waals surface area (Å²) in [6.07, 6.45) is 4.09. The van der Waals surface area contributed by atoms with Crippen molar-refractivity contribution >= 4 is 22.6 Å². The van der Waals surface area contributed by atoms with Gasteiger partial charge in [-0.05, 0) is 47.7 Å². The van der Waals surface area contributed by atoms with Gasteiger partial charge in [-0.25, -0.2) is 9.97 Å². The monoisotopic (exact) mass is 376 g/mol. The number of rotatable bonds is 6. The van der Waals surface area contributed by atoms with Gasteiger partial charge in [0.2, 0.25) is 5.91 Å². The van der Waals surface area contributed by atoms with Crippen LogP contribution in [0.15, 0.2) is 48.8 Å². The van der Waals surface area contributed by atoms with Crippen molar-refractivity contribution in [3.8, 4) is 11.1 Å². The molecule has 6 nitrogen and oxygen atoms in total. The van der Waals surface area contributed by atoms with Crippen molar-refractivity contribution in [1.82, 2.24) is 15.3 Å². The Bertz CT molecular complexity index is 1010. The summed E-state index contributed by atoms with van der Waals surface area (Å²) in [5.74, 6) is 0.127. The highest BCUT2D eigenvalue weighted by molar-refractivity contribution is 6.03. The Hall–Kier alpha value is -3.28. The highest BCUT2D eigenvalue weighted by atomic mass is 16.2. The fraction of sp³-hybridized carbons (Fsp3) is 0.273. The number of nitrogens with two attached hydrogens (primary N) is 1. The van der Waals surface area contributed by atoms with Crippen molar-refractivity contribution in [3.63, 3.8) is 0 Å². The van der Waals surface area contributed by atoms with Crippen LogP contribution in [0.25, 0.3) is 21.9 Å². The van der Waals surface area contributed by atoms with E-state index in [1.807, 2.05) is 51.1 Å². The Morgan fingerprint density at radius 2 is 1.82 bits per heavy atom. The van der Waals surface area contributed by atoms with Crippen LogP contribution in [0.3, 0.4) is 0 Å². The maximum absolute atomic E-state index is 12.6. The third-order valence-electron chi connectivity index (χ3n) is 4.59. The molecule has 0 unspecified atom stereocenters. The molecule has 3 aromatic rings. The first-order valence-electron chi connectivity index (χ1n) is 9.27. The SMILES string of the molecule is Cc1ncc(-c2cccc3cc(C(=O)N[C@@H](CC(C)C)C(N)=O)ccc23)cn1. The smallest absolute Gasteiger partial charge is 0.251 e. The fourth-order valence-corrected chi connectivity index (χ4v) is 3.17. The number of nitrogens with zero attached hydrogens (tertiary/aromatic N) is 2. The molecule has 2 aromatic carbocycles. The largest absolute Gasteiger partial charge is 0.368 e. The molecule has 6 heteroatoms. The van der Waals surface area contributed by atoms with E-state index in [2.05, 4.69) is 15.3 Å². The molecule has 0 spiro atoms. The van der Waals surface area contributed by atoms with Gasteiger partial charge >= 0.3 is 0 Å². The Labute approximate surface area is 164 Å². The number of fused-ring (bicyclic) bond motifs is 1. The van der Waals surface area contributed by atoms with E-state index in [0.29, 0.717) is 17.8 Å². The second-order valence-corrected chi connectivity index (χ2v) is 7.32. The van der Waals surface area contributed by atoms with Crippen LogP contribution in [0.1, 0.15) is 36.5 Å². The Morgan fingerprint density at radius 3 is 2.46 bits per heavy atom. The normalized spacial score (nSPS) is 12.1. The summed E-state index contributed by atoms with van der Waals surface area (Å²) in [6.45, 7) is 5.80. The number of hydrogen-bond acceptors (Lipinski definition) is 4. The van der Waals surface area contributed by atoms with Crippen molar-refractivity contribution in [2.45, 2.75) is 33.2 Å². The maximum atomic E-state index is 12.6. The molecule has 0 aliphatic carbocycles. The van der Waals surface area contributed by atoms with Crippen molar-refractivity contribution < 1.29 is 9.59 Å². The average molecular weight is 376 g/mol. The van der Waals surface area contributed by atoms with Crippen LogP contribution in [0.2, 0.25) is 0 Å². The fourth-order valence-electron chi connectivity index (χ4n) is 3.17. The van der Waals surface area contributed by atoms with E-state index in [1.54, 1.807) is 18.5 Å². The van der Waals surface area contributed by atoms with Gasteiger partial charge in [0.1, 0.15) is 11.9 Å². The zero-order chi connectivity index (χ0) is 20.3. The van der Waals surface area contributed by atoms with Gasteiger partial charge in [0.15, 0.2) is 0 Å². The summed E-state index contributed by atoms with van der Waals surface area (Å²) in [4.78, 5) is 32.8. The summed E-state index contributed by atoms with van der Waals surface area (Å²) in [5.41, 5.74) is 7.83. The molecule has 3 rings (SSSR count). The first-order valence-corrected chi connectivity index (χ1v) is 9.27. The van der Waals surface area contributed by atoms with E-state index in [-0.39, 0.29) is 11.8 Å². The summed E-state index contributed by atoms with van der Waals surface area (Å²) >= 11 is 0. The van der Waals surface area contributed by atoms with E-state index in [1.165, 1.54) is 0 Å². The van der Waals surface area contributed by atoms with E-state index >= 15 is 0 Å². The lowest BCUT2D eigenvalue weighted by Crippen LogP contribution is -2.45. The van der Waals surface area contributed by atoms with Crippen LogP contribution >= 0.6 is 0 Å². The molecule has 0 aliphatic rings. The first kappa shape index (κ1) is 19.5. The topological polar surface area (TPSA) is 98.0 Å². The number of benzene rings is 2. The second kappa shape index (κ2) is 8.17. The minimum atomic E-state index is -0.681. The molecule has 3 N–H and O–H groups in total. The molecule has 1 atom stereocenters. The Balaban J connectivity index is 1.91. The van der Waals surface area contributed by atoms with Crippen LogP contribution in [0.4, 0.5) is 0 Å². The molecule has 28 heavy (non-hydrogen) atoms. The predicted molar refractivity (Wildman–Crippen MR) is 110 cm³/mol. The first-order chi connectivity index (χ1) is 13.3. The molecular formula is C22H24N4O2. The molecule has 1 aromatic heterocycles. The average Bonchev–Trinajstić information content (AvgIpc) is 2.66. The van der Waals surface area contributed by atoms with Gasteiger partial charge in [-0.3, -0.25) is 9.59 Å². The lowest BCUT2D eigenvalue weighted by molar-refractivity contribution is -0.120. The molecule has 1 heterocycles. The Kier molecular flexibility index (Phi) is 5.68. The standard InChI is InChI=1S/C22H24N4O2/c1-13(2)9-20(21(23)27)26-22(28)16-7-8-19-15(10-16)5-4-6-18(19)17-11-24-14(3)25-12-17/h4-8,10-13,20H,9H2,1-3H3,(H2,23,27)(H,26,28)/t20-/m0/s1. The van der Waals surface area contributed by atoms with Gasteiger partial charge in [-0.2, -0.15) is 0 Å². The summed E-state index contributed by atoms with van der Waals surface area (Å²) in [6, 6.07) is 10.7. The highest BCUT2D eigenvalue weighted by Gasteiger charge is 2.20. The molecule has 0 aliphatic heterocycles. The number of nitrogens with one attached hydrogen (secondary N) is 1. The van der Waals surface area contributed by atoms with Gasteiger partial charge in [0, 0.05) is 23.5 Å². The molecular weight excluding hydrogens is 352 g/mol. The maximum Gasteiger partial charge on any atom is 0.251 e. The minimum Gasteiger partial charge on any atom is -0.368 e. The van der Waals surface area contributed by atoms with Crippen molar-refractivity contribution in [1.29, 1.82) is 0 Å². The highest BCUT2D eigenvalue weighted by Crippen LogP contribution is 2.28. The quantitative estimate of drug-likeness (QED) is 0.690. The number of amides is 2. The second-order valence-electron chi connectivity index (χ2n) is 7.32. The molecule has 0 bridgehead atoms. The summed E-state index contributed by atoms with van der Waals surface area (Å²) in [7, 11) is 0. The van der Waals surface area contributed by atoms with E-state index < -0.39 is 11.9 Å². The molecule has 0 fully saturated rings. The summed E-state index contributed by atoms with van der Waals surface area (Å²) in [5, 5.41) is 4.67. The van der Waals surface area contributed by atoms with Crippen LogP contribution < -0.4 is 11.1 Å². The Morgan fingerprint density at radius 1 is 1.11 bits per heavy atom. The van der Waals surface area contributed by atoms with Gasteiger partial charge in [-0.15, -0.1) is 0 Å². The van der Waals surface area contributed by atoms with Crippen molar-refractivity contribution in [2.24, 2.45) is 11.7 Å². The third kappa shape index (κ3) is 4.34. The van der Waals surface area contributed by atoms with Gasteiger partial charge in [0.25, 0.3) is 5.91 Å². The lowest BCUT2D eigenvalue weighted by Gasteiger charge is -2.17. The van der Waals surface area contributed by atoms with E-state index in [4.69, 9.17) is 5.73 Å². The predicted octanol–water partition coefficient (Wildman–Crippen LogP) is 3.24. The molecule has 0 saturated heterocycles. The van der Waals surface area contributed by atoms with Gasteiger partial charge < -0.3 is 11.1 Å². The number of primary amides is 1. The van der Waals surface area contributed by atoms with Crippen molar-refractivity contribution in [2.75, 3.05) is 0 Å². The van der Waals surface area contributed by atoms with Gasteiger partial charge in [0.05, 0.1) is 0 Å². The van der Waals surface area contributed by atoms with Crippen LogP contribution in [0.5, 0.6) is 0 Å². The van der Waals surface area contributed by atoms with Crippen molar-refractivity contribution in [3.05, 3.63) is 60.2 Å². The van der Waals surface area contributed by atoms with Crippen LogP contribution in [-0.2, 0) is 4.79 Å². The number of hydrogen-bond donors (Lipinski definition) is 2. The van der Waals surface area contributed by atoms with Crippen LogP contribution in [0, 0.1) is 12.8 Å². The molecule has 144 valence electrons. The zero-order valence-corrected chi connectivity index (χ0v) is 16.3. The lowest BCUT2D eigenvalue weighted by atomic mass is 9.98. The zero-order valence-electron chi connectivity index (χ0n) is 16.3. The van der Waals surface area contributed by atoms with E-state index in [9.17, 15) is 9.59 Å². The minimum absolute atomic E-state index is 0.244. The van der Waals surface area contributed by atoms with E-state index in [0.717, 1.165) is 21.9 Å². The molecule has 2 amide bonds. The van der Waals surface area contributed by atoms with Crippen LogP contribution in [-0.4, -0.2) is 27.8 Å². The van der Waals surface area contributed by atoms with Gasteiger partial charge in [-0.1, -0.05) is 38.1 Å². The summed E-state index contributed by atoms with van der Waals surface area (Å²) < 4.78 is 0. The number of carbonyl (C=O) groups is 2. The number of carbonyl (C=O) groups excluding carboxylic acids is 2. The number of aryl methyl sites for hydroxylation is 1.